The van der Waals surface area contributed by atoms with Gasteiger partial charge in [-0.3, -0.25) is 0 Å². The van der Waals surface area contributed by atoms with E-state index in [2.05, 4.69) is 84.9 Å². The average Bonchev–Trinajstić information content (AvgIpc) is 2.85. The Kier molecular flexibility index (Phi) is 5.08. The van der Waals surface area contributed by atoms with Crippen molar-refractivity contribution < 1.29 is 10.2 Å². The highest BCUT2D eigenvalue weighted by molar-refractivity contribution is 5.83. The van der Waals surface area contributed by atoms with Crippen molar-refractivity contribution in [1.82, 2.24) is 0 Å². The first-order valence-electron chi connectivity index (χ1n) is 12.3. The summed E-state index contributed by atoms with van der Waals surface area (Å²) in [4.78, 5) is 0. The summed E-state index contributed by atoms with van der Waals surface area (Å²) in [6.45, 7) is 0. The van der Waals surface area contributed by atoms with Crippen LogP contribution in [0, 0.1) is 0 Å². The Bertz CT molecular complexity index is 1390. The molecule has 34 heavy (non-hydrogen) atoms. The molecule has 0 aromatic heterocycles. The lowest BCUT2D eigenvalue weighted by Crippen LogP contribution is -2.45. The molecule has 0 aliphatic heterocycles. The summed E-state index contributed by atoms with van der Waals surface area (Å²) in [7, 11) is 0. The van der Waals surface area contributed by atoms with Gasteiger partial charge in [0.05, 0.1) is 5.60 Å². The predicted molar refractivity (Wildman–Crippen MR) is 138 cm³/mol. The van der Waals surface area contributed by atoms with Crippen molar-refractivity contribution in [1.29, 1.82) is 0 Å². The molecule has 2 heteroatoms. The second kappa shape index (κ2) is 8.14. The minimum Gasteiger partial charge on any atom is -0.508 e. The van der Waals surface area contributed by atoms with E-state index in [0.29, 0.717) is 12.2 Å². The van der Waals surface area contributed by atoms with E-state index in [9.17, 15) is 10.2 Å². The first kappa shape index (κ1) is 21.2. The molecule has 6 rings (SSSR count). The lowest BCUT2D eigenvalue weighted by atomic mass is 9.57. The third-order valence-electron chi connectivity index (χ3n) is 7.98. The molecule has 0 saturated carbocycles. The van der Waals surface area contributed by atoms with Gasteiger partial charge in [0.15, 0.2) is 0 Å². The third-order valence-corrected chi connectivity index (χ3v) is 7.98. The van der Waals surface area contributed by atoms with Gasteiger partial charge < -0.3 is 10.2 Å². The normalized spacial score (nSPS) is 23.7. The standard InChI is InChI=1S/C32H30O2/c33-29-14-15-30-27(19-29)12-13-28-22-31(34,16-17-32(28,30)21-23-6-2-1-3-7-23)20-24-10-11-25-8-4-5-9-26(25)18-24/h1-11,14-15,18-19,22,33-34H,12-13,16-17,20-21H2/t31?,32-/m0/s1. The van der Waals surface area contributed by atoms with E-state index in [1.54, 1.807) is 0 Å². The molecule has 170 valence electrons. The van der Waals surface area contributed by atoms with Crippen LogP contribution in [-0.2, 0) is 24.7 Å². The monoisotopic (exact) mass is 446 g/mol. The van der Waals surface area contributed by atoms with E-state index in [4.69, 9.17) is 0 Å². The number of phenolic OH excluding ortho intramolecular Hbond substituents is 1. The minimum absolute atomic E-state index is 0.127. The van der Waals surface area contributed by atoms with Gasteiger partial charge in [0, 0.05) is 11.8 Å². The van der Waals surface area contributed by atoms with Gasteiger partial charge in [0.25, 0.3) is 0 Å². The summed E-state index contributed by atoms with van der Waals surface area (Å²) in [5.74, 6) is 0.338. The molecule has 2 N–H and O–H groups in total. The lowest BCUT2D eigenvalue weighted by Gasteiger charge is -2.48. The quantitative estimate of drug-likeness (QED) is 0.344. The Morgan fingerprint density at radius 1 is 0.676 bits per heavy atom. The fourth-order valence-corrected chi connectivity index (χ4v) is 6.35. The molecule has 0 radical (unpaired) electrons. The van der Waals surface area contributed by atoms with Crippen molar-refractivity contribution in [2.75, 3.05) is 0 Å². The molecule has 4 aromatic carbocycles. The number of aryl methyl sites for hydroxylation is 1. The minimum atomic E-state index is -0.841. The van der Waals surface area contributed by atoms with Crippen LogP contribution in [0.3, 0.4) is 0 Å². The van der Waals surface area contributed by atoms with Crippen molar-refractivity contribution >= 4 is 10.8 Å². The number of phenols is 1. The van der Waals surface area contributed by atoms with Crippen molar-refractivity contribution in [2.24, 2.45) is 0 Å². The van der Waals surface area contributed by atoms with Crippen LogP contribution in [0.5, 0.6) is 5.75 Å². The van der Waals surface area contributed by atoms with E-state index in [1.165, 1.54) is 38.6 Å². The third kappa shape index (κ3) is 3.73. The van der Waals surface area contributed by atoms with Gasteiger partial charge in [-0.25, -0.2) is 0 Å². The van der Waals surface area contributed by atoms with Crippen LogP contribution in [0.2, 0.25) is 0 Å². The summed E-state index contributed by atoms with van der Waals surface area (Å²) >= 11 is 0. The summed E-state index contributed by atoms with van der Waals surface area (Å²) in [5, 5.41) is 24.4. The molecular formula is C32H30O2. The molecule has 0 heterocycles. The highest BCUT2D eigenvalue weighted by Gasteiger charge is 2.46. The molecular weight excluding hydrogens is 416 g/mol. The van der Waals surface area contributed by atoms with Crippen molar-refractivity contribution in [2.45, 2.75) is 49.5 Å². The zero-order chi connectivity index (χ0) is 23.2. The summed E-state index contributed by atoms with van der Waals surface area (Å²) in [5.41, 5.74) is 5.44. The topological polar surface area (TPSA) is 40.5 Å². The van der Waals surface area contributed by atoms with Gasteiger partial charge in [-0.2, -0.15) is 0 Å². The Labute approximate surface area is 201 Å². The second-order valence-corrected chi connectivity index (χ2v) is 10.2. The Hall–Kier alpha value is -3.36. The molecule has 0 spiro atoms. The summed E-state index contributed by atoms with van der Waals surface area (Å²) in [6.07, 6.45) is 7.19. The summed E-state index contributed by atoms with van der Waals surface area (Å²) in [6, 6.07) is 31.5. The Balaban J connectivity index is 1.40. The lowest BCUT2D eigenvalue weighted by molar-refractivity contribution is 0.0606. The van der Waals surface area contributed by atoms with E-state index < -0.39 is 5.60 Å². The number of fused-ring (bicyclic) bond motifs is 4. The maximum Gasteiger partial charge on any atom is 0.115 e. The molecule has 1 unspecified atom stereocenters. The SMILES string of the molecule is Oc1ccc2c(c1)CCC1=CC(O)(Cc3ccc4ccccc4c3)CC[C@]12Cc1ccccc1. The van der Waals surface area contributed by atoms with Gasteiger partial charge in [0.2, 0.25) is 0 Å². The van der Waals surface area contributed by atoms with Crippen molar-refractivity contribution in [3.05, 3.63) is 125 Å². The molecule has 2 nitrogen and oxygen atoms in total. The first-order chi connectivity index (χ1) is 16.5. The van der Waals surface area contributed by atoms with Gasteiger partial charge in [-0.15, -0.1) is 0 Å². The highest BCUT2D eigenvalue weighted by Crippen LogP contribution is 2.52. The van der Waals surface area contributed by atoms with Gasteiger partial charge >= 0.3 is 0 Å². The van der Waals surface area contributed by atoms with Crippen LogP contribution in [-0.4, -0.2) is 15.8 Å². The van der Waals surface area contributed by atoms with E-state index >= 15 is 0 Å². The zero-order valence-corrected chi connectivity index (χ0v) is 19.4. The van der Waals surface area contributed by atoms with E-state index in [0.717, 1.165) is 32.1 Å². The Morgan fingerprint density at radius 2 is 1.47 bits per heavy atom. The highest BCUT2D eigenvalue weighted by atomic mass is 16.3. The Morgan fingerprint density at radius 3 is 2.32 bits per heavy atom. The molecule has 2 atom stereocenters. The van der Waals surface area contributed by atoms with Crippen LogP contribution >= 0.6 is 0 Å². The first-order valence-corrected chi connectivity index (χ1v) is 12.3. The number of rotatable bonds is 4. The van der Waals surface area contributed by atoms with Gasteiger partial charge in [-0.1, -0.05) is 90.5 Å². The molecule has 0 amide bonds. The van der Waals surface area contributed by atoms with Crippen LogP contribution in [0.25, 0.3) is 10.8 Å². The van der Waals surface area contributed by atoms with Crippen LogP contribution in [0.4, 0.5) is 0 Å². The van der Waals surface area contributed by atoms with E-state index in [1.807, 2.05) is 12.1 Å². The zero-order valence-electron chi connectivity index (χ0n) is 19.4. The number of hydrogen-bond acceptors (Lipinski definition) is 2. The van der Waals surface area contributed by atoms with Gasteiger partial charge in [-0.05, 0) is 77.3 Å². The van der Waals surface area contributed by atoms with E-state index in [-0.39, 0.29) is 5.41 Å². The number of aromatic hydroxyl groups is 1. The predicted octanol–water partition coefficient (Wildman–Crippen LogP) is 6.67. The number of benzene rings is 4. The molecule has 2 aliphatic carbocycles. The van der Waals surface area contributed by atoms with Crippen LogP contribution in [0.1, 0.15) is 41.5 Å². The maximum absolute atomic E-state index is 11.8. The van der Waals surface area contributed by atoms with Crippen LogP contribution < -0.4 is 0 Å². The van der Waals surface area contributed by atoms with Crippen molar-refractivity contribution in [3.63, 3.8) is 0 Å². The van der Waals surface area contributed by atoms with Crippen molar-refractivity contribution in [3.8, 4) is 5.75 Å². The molecule has 2 aliphatic rings. The average molecular weight is 447 g/mol. The van der Waals surface area contributed by atoms with Crippen LogP contribution in [0.15, 0.2) is 103 Å². The molecule has 0 saturated heterocycles. The second-order valence-electron chi connectivity index (χ2n) is 10.2. The number of hydrogen-bond donors (Lipinski definition) is 2. The number of allylic oxidation sites excluding steroid dienone is 1. The fourth-order valence-electron chi connectivity index (χ4n) is 6.35. The largest absolute Gasteiger partial charge is 0.508 e. The maximum atomic E-state index is 11.8. The smallest absolute Gasteiger partial charge is 0.115 e. The fraction of sp³-hybridized carbons (Fsp3) is 0.250. The summed E-state index contributed by atoms with van der Waals surface area (Å²) < 4.78 is 0. The molecule has 4 aromatic rings. The number of aliphatic hydroxyl groups is 1. The molecule has 0 bridgehead atoms. The molecule has 0 fully saturated rings. The van der Waals surface area contributed by atoms with Gasteiger partial charge in [0.1, 0.15) is 5.75 Å².